The van der Waals surface area contributed by atoms with Crippen molar-refractivity contribution < 1.29 is 0 Å². The number of para-hydroxylation sites is 1. The molecule has 80 valence electrons. The van der Waals surface area contributed by atoms with Crippen LogP contribution in [0.25, 0.3) is 0 Å². The van der Waals surface area contributed by atoms with E-state index in [2.05, 4.69) is 33.6 Å². The van der Waals surface area contributed by atoms with Gasteiger partial charge in [-0.2, -0.15) is 0 Å². The second kappa shape index (κ2) is 5.32. The Hall–Kier alpha value is -1.06. The van der Waals surface area contributed by atoms with Crippen LogP contribution in [0, 0.1) is 0 Å². The third kappa shape index (κ3) is 2.97. The Bertz CT molecular complexity index is 506. The van der Waals surface area contributed by atoms with E-state index in [9.17, 15) is 0 Å². The fourth-order valence-electron chi connectivity index (χ4n) is 1.27. The number of halogens is 1. The van der Waals surface area contributed by atoms with Gasteiger partial charge in [0.05, 0.1) is 5.69 Å². The molecule has 0 bridgehead atoms. The van der Waals surface area contributed by atoms with E-state index in [0.29, 0.717) is 0 Å². The Morgan fingerprint density at radius 2 is 1.69 bits per heavy atom. The summed E-state index contributed by atoms with van der Waals surface area (Å²) < 4.78 is 1.07. The van der Waals surface area contributed by atoms with Crippen LogP contribution in [-0.2, 0) is 0 Å². The summed E-state index contributed by atoms with van der Waals surface area (Å²) in [5.41, 5.74) is 1.95. The molecule has 0 amide bonds. The molecule has 16 heavy (non-hydrogen) atoms. The highest BCUT2D eigenvalue weighted by molar-refractivity contribution is 9.10. The zero-order chi connectivity index (χ0) is 11.4. The topological polar surface area (TPSA) is 12.4 Å². The molecule has 0 spiro atoms. The first-order valence-corrected chi connectivity index (χ1v) is 6.07. The number of hydrogen-bond acceptors (Lipinski definition) is 2. The number of aliphatic imine (C=N–C) groups is 1. The number of nitrogens with zero attached hydrogens (tertiary/aromatic N) is 1. The molecule has 1 nitrogen and oxygen atoms in total. The van der Waals surface area contributed by atoms with Crippen molar-refractivity contribution in [1.82, 2.24) is 0 Å². The van der Waals surface area contributed by atoms with E-state index >= 15 is 0 Å². The summed E-state index contributed by atoms with van der Waals surface area (Å²) in [6, 6.07) is 15.8. The largest absolute Gasteiger partial charge is 0.255 e. The maximum absolute atomic E-state index is 4.39. The molecule has 0 atom stereocenters. The van der Waals surface area contributed by atoms with Crippen LogP contribution in [0.5, 0.6) is 0 Å². The van der Waals surface area contributed by atoms with Crippen LogP contribution in [-0.4, -0.2) is 6.21 Å². The van der Waals surface area contributed by atoms with Gasteiger partial charge in [-0.1, -0.05) is 40.2 Å². The zero-order valence-electron chi connectivity index (χ0n) is 8.47. The van der Waals surface area contributed by atoms with E-state index in [1.54, 1.807) is 0 Å². The monoisotopic (exact) mass is 291 g/mol. The Morgan fingerprint density at radius 1 is 1.00 bits per heavy atom. The molecule has 0 aromatic heterocycles. The molecule has 3 heteroatoms. The lowest BCUT2D eigenvalue weighted by Gasteiger charge is -1.97. The summed E-state index contributed by atoms with van der Waals surface area (Å²) in [7, 11) is 0. The second-order valence-corrected chi connectivity index (χ2v) is 4.70. The molecular weight excluding hydrogens is 282 g/mol. The lowest BCUT2D eigenvalue weighted by molar-refractivity contribution is 1.39. The van der Waals surface area contributed by atoms with Crippen molar-refractivity contribution in [3.05, 3.63) is 58.6 Å². The fourth-order valence-corrected chi connectivity index (χ4v) is 1.75. The zero-order valence-corrected chi connectivity index (χ0v) is 10.9. The van der Waals surface area contributed by atoms with Gasteiger partial charge in [-0.3, -0.25) is 4.99 Å². The molecule has 0 heterocycles. The number of benzene rings is 2. The minimum absolute atomic E-state index is 0.883. The van der Waals surface area contributed by atoms with Crippen molar-refractivity contribution in [2.45, 2.75) is 4.90 Å². The van der Waals surface area contributed by atoms with Gasteiger partial charge in [-0.15, -0.1) is 12.6 Å². The second-order valence-electron chi connectivity index (χ2n) is 3.30. The smallest absolute Gasteiger partial charge is 0.0763 e. The van der Waals surface area contributed by atoms with Crippen molar-refractivity contribution in [2.24, 2.45) is 4.99 Å². The predicted molar refractivity (Wildman–Crippen MR) is 75.1 cm³/mol. The minimum atomic E-state index is 0.883. The summed E-state index contributed by atoms with van der Waals surface area (Å²) in [4.78, 5) is 5.27. The number of rotatable bonds is 2. The lowest BCUT2D eigenvalue weighted by Crippen LogP contribution is -1.79. The number of hydrogen-bond donors (Lipinski definition) is 1. The first-order chi connectivity index (χ1) is 7.75. The average Bonchev–Trinajstić information content (AvgIpc) is 2.30. The van der Waals surface area contributed by atoms with E-state index in [-0.39, 0.29) is 0 Å². The Morgan fingerprint density at radius 3 is 2.38 bits per heavy atom. The fraction of sp³-hybridized carbons (Fsp3) is 0. The molecule has 0 saturated carbocycles. The van der Waals surface area contributed by atoms with Crippen LogP contribution in [0.3, 0.4) is 0 Å². The highest BCUT2D eigenvalue weighted by atomic mass is 79.9. The molecule has 2 aromatic rings. The first kappa shape index (κ1) is 11.4. The van der Waals surface area contributed by atoms with Gasteiger partial charge in [0.1, 0.15) is 0 Å². The third-order valence-electron chi connectivity index (χ3n) is 2.10. The maximum Gasteiger partial charge on any atom is 0.0763 e. The van der Waals surface area contributed by atoms with Crippen LogP contribution in [0.4, 0.5) is 5.69 Å². The third-order valence-corrected chi connectivity index (χ3v) is 3.01. The van der Waals surface area contributed by atoms with Crippen molar-refractivity contribution in [3.8, 4) is 0 Å². The van der Waals surface area contributed by atoms with E-state index in [1.807, 2.05) is 54.7 Å². The van der Waals surface area contributed by atoms with Gasteiger partial charge in [0.2, 0.25) is 0 Å². The summed E-state index contributed by atoms with van der Waals surface area (Å²) in [6.45, 7) is 0. The summed E-state index contributed by atoms with van der Waals surface area (Å²) in [5, 5.41) is 0. The highest BCUT2D eigenvalue weighted by Crippen LogP contribution is 2.21. The van der Waals surface area contributed by atoms with E-state index in [4.69, 9.17) is 0 Å². The normalized spacial score (nSPS) is 10.9. The van der Waals surface area contributed by atoms with Gasteiger partial charge in [0.25, 0.3) is 0 Å². The standard InChI is InChI=1S/C13H10BrNS/c14-11-7-5-10(6-8-11)9-15-12-3-1-2-4-13(12)16/h1-9,16H/b15-9+. The van der Waals surface area contributed by atoms with Crippen LogP contribution in [0.15, 0.2) is 62.9 Å². The molecule has 0 N–H and O–H groups in total. The predicted octanol–water partition coefficient (Wildman–Crippen LogP) is 4.49. The average molecular weight is 292 g/mol. The van der Waals surface area contributed by atoms with Gasteiger partial charge in [0, 0.05) is 15.6 Å². The van der Waals surface area contributed by atoms with Crippen LogP contribution in [0.1, 0.15) is 5.56 Å². The molecular formula is C13H10BrNS. The summed E-state index contributed by atoms with van der Waals surface area (Å²) in [6.07, 6.45) is 1.83. The summed E-state index contributed by atoms with van der Waals surface area (Å²) in [5.74, 6) is 0. The highest BCUT2D eigenvalue weighted by Gasteiger charge is 1.93. The van der Waals surface area contributed by atoms with Gasteiger partial charge >= 0.3 is 0 Å². The minimum Gasteiger partial charge on any atom is -0.255 e. The Balaban J connectivity index is 2.21. The van der Waals surface area contributed by atoms with Crippen LogP contribution >= 0.6 is 28.6 Å². The lowest BCUT2D eigenvalue weighted by atomic mass is 10.2. The van der Waals surface area contributed by atoms with Crippen molar-refractivity contribution in [1.29, 1.82) is 0 Å². The van der Waals surface area contributed by atoms with Crippen LogP contribution in [0.2, 0.25) is 0 Å². The molecule has 0 aliphatic carbocycles. The molecule has 0 aliphatic heterocycles. The molecule has 0 fully saturated rings. The molecule has 0 saturated heterocycles. The molecule has 0 unspecified atom stereocenters. The van der Waals surface area contributed by atoms with Gasteiger partial charge in [0.15, 0.2) is 0 Å². The Kier molecular flexibility index (Phi) is 3.80. The quantitative estimate of drug-likeness (QED) is 0.618. The van der Waals surface area contributed by atoms with Gasteiger partial charge in [-0.05, 0) is 29.8 Å². The van der Waals surface area contributed by atoms with E-state index in [1.165, 1.54) is 0 Å². The SMILES string of the molecule is Sc1ccccc1/N=C/c1ccc(Br)cc1. The van der Waals surface area contributed by atoms with E-state index < -0.39 is 0 Å². The Labute approximate surface area is 109 Å². The van der Waals surface area contributed by atoms with E-state index in [0.717, 1.165) is 20.6 Å². The molecule has 0 radical (unpaired) electrons. The van der Waals surface area contributed by atoms with Crippen molar-refractivity contribution >= 4 is 40.5 Å². The molecule has 2 rings (SSSR count). The van der Waals surface area contributed by atoms with Crippen molar-refractivity contribution in [3.63, 3.8) is 0 Å². The summed E-state index contributed by atoms with van der Waals surface area (Å²) >= 11 is 7.74. The number of thiol groups is 1. The maximum atomic E-state index is 4.39. The van der Waals surface area contributed by atoms with Crippen molar-refractivity contribution in [2.75, 3.05) is 0 Å². The first-order valence-electron chi connectivity index (χ1n) is 4.83. The van der Waals surface area contributed by atoms with Gasteiger partial charge < -0.3 is 0 Å². The van der Waals surface area contributed by atoms with Gasteiger partial charge in [-0.25, -0.2) is 0 Å². The van der Waals surface area contributed by atoms with Crippen LogP contribution < -0.4 is 0 Å². The molecule has 0 aliphatic rings. The molecule has 2 aromatic carbocycles.